The summed E-state index contributed by atoms with van der Waals surface area (Å²) in [7, 11) is 1.71. The number of nitrogens with one attached hydrogen (secondary N) is 1. The van der Waals surface area contributed by atoms with Crippen LogP contribution in [-0.4, -0.2) is 33.1 Å². The topological polar surface area (TPSA) is 62.6 Å². The quantitative estimate of drug-likeness (QED) is 0.554. The van der Waals surface area contributed by atoms with Crippen LogP contribution in [-0.2, 0) is 4.74 Å². The first kappa shape index (κ1) is 17.1. The number of hydrogen-bond acceptors (Lipinski definition) is 3. The predicted molar refractivity (Wildman–Crippen MR) is 107 cm³/mol. The van der Waals surface area contributed by atoms with Gasteiger partial charge < -0.3 is 9.72 Å². The molecule has 1 N–H and O–H groups in total. The zero-order chi connectivity index (χ0) is 19.2. The van der Waals surface area contributed by atoms with Gasteiger partial charge in [0.25, 0.3) is 0 Å². The number of benzene rings is 1. The van der Waals surface area contributed by atoms with Gasteiger partial charge in [0.2, 0.25) is 0 Å². The fourth-order valence-electron chi connectivity index (χ4n) is 3.11. The Morgan fingerprint density at radius 2 is 2.00 bits per heavy atom. The van der Waals surface area contributed by atoms with Gasteiger partial charge in [-0.2, -0.15) is 0 Å². The number of anilines is 1. The van der Waals surface area contributed by atoms with Gasteiger partial charge in [0.1, 0.15) is 11.2 Å². The van der Waals surface area contributed by atoms with Crippen molar-refractivity contribution in [2.24, 2.45) is 0 Å². The largest absolute Gasteiger partial charge is 0.443 e. The Balaban J connectivity index is 1.78. The number of carbonyl (C=O) groups is 1. The molecule has 4 rings (SSSR count). The maximum atomic E-state index is 12.4. The van der Waals surface area contributed by atoms with Crippen molar-refractivity contribution in [3.63, 3.8) is 0 Å². The van der Waals surface area contributed by atoms with E-state index in [1.807, 2.05) is 68.0 Å². The van der Waals surface area contributed by atoms with Gasteiger partial charge in [0, 0.05) is 35.9 Å². The second-order valence-electron chi connectivity index (χ2n) is 7.54. The number of aromatic nitrogens is 3. The Bertz CT molecular complexity index is 1130. The lowest BCUT2D eigenvalue weighted by Gasteiger charge is -2.24. The first-order valence-corrected chi connectivity index (χ1v) is 8.84. The van der Waals surface area contributed by atoms with Crippen LogP contribution in [0.5, 0.6) is 0 Å². The molecule has 3 heterocycles. The van der Waals surface area contributed by atoms with Crippen LogP contribution in [0.2, 0.25) is 0 Å². The highest BCUT2D eigenvalue weighted by Gasteiger charge is 2.21. The van der Waals surface area contributed by atoms with E-state index in [9.17, 15) is 4.79 Å². The van der Waals surface area contributed by atoms with Gasteiger partial charge in [-0.15, -0.1) is 0 Å². The maximum Gasteiger partial charge on any atom is 0.414 e. The standard InChI is InChI=1S/C21H22N4O2/c1-21(2,3)27-20(26)24(4)14-8-9-19-23-12-18(25(19)13-14)16-6-5-7-17-15(16)10-11-22-17/h5-13,22H,1-4H3. The van der Waals surface area contributed by atoms with E-state index in [1.54, 1.807) is 7.05 Å². The zero-order valence-electron chi connectivity index (χ0n) is 15.9. The number of H-pyrrole nitrogens is 1. The summed E-state index contributed by atoms with van der Waals surface area (Å²) in [6, 6.07) is 12.0. The molecule has 0 aliphatic rings. The normalized spacial score (nSPS) is 11.9. The van der Waals surface area contributed by atoms with Crippen molar-refractivity contribution in [2.75, 3.05) is 11.9 Å². The van der Waals surface area contributed by atoms with E-state index in [2.05, 4.69) is 22.1 Å². The molecule has 0 saturated heterocycles. The molecule has 0 unspecified atom stereocenters. The molecule has 0 atom stereocenters. The van der Waals surface area contributed by atoms with Crippen LogP contribution < -0.4 is 4.90 Å². The van der Waals surface area contributed by atoms with Crippen LogP contribution in [0.25, 0.3) is 27.8 Å². The van der Waals surface area contributed by atoms with Crippen LogP contribution in [0.3, 0.4) is 0 Å². The molecule has 0 aliphatic heterocycles. The third-order valence-corrected chi connectivity index (χ3v) is 4.42. The predicted octanol–water partition coefficient (Wildman–Crippen LogP) is 4.85. The van der Waals surface area contributed by atoms with Gasteiger partial charge in [-0.1, -0.05) is 12.1 Å². The average Bonchev–Trinajstić information content (AvgIpc) is 3.25. The van der Waals surface area contributed by atoms with E-state index >= 15 is 0 Å². The van der Waals surface area contributed by atoms with Gasteiger partial charge in [0.05, 0.1) is 17.6 Å². The van der Waals surface area contributed by atoms with Crippen molar-refractivity contribution in [3.8, 4) is 11.3 Å². The molecule has 0 fully saturated rings. The van der Waals surface area contributed by atoms with E-state index in [0.29, 0.717) is 0 Å². The molecule has 6 nitrogen and oxygen atoms in total. The number of pyridine rings is 1. The summed E-state index contributed by atoms with van der Waals surface area (Å²) in [5.41, 5.74) is 4.13. The Kier molecular flexibility index (Phi) is 3.91. The van der Waals surface area contributed by atoms with Gasteiger partial charge >= 0.3 is 6.09 Å². The molecular weight excluding hydrogens is 340 g/mol. The van der Waals surface area contributed by atoms with Gasteiger partial charge in [-0.05, 0) is 45.0 Å². The number of amides is 1. The number of fused-ring (bicyclic) bond motifs is 2. The number of aromatic amines is 1. The first-order valence-electron chi connectivity index (χ1n) is 8.84. The van der Waals surface area contributed by atoms with Crippen molar-refractivity contribution >= 4 is 28.3 Å². The van der Waals surface area contributed by atoms with E-state index in [-0.39, 0.29) is 0 Å². The van der Waals surface area contributed by atoms with E-state index in [4.69, 9.17) is 4.74 Å². The summed E-state index contributed by atoms with van der Waals surface area (Å²) in [4.78, 5) is 21.7. The average molecular weight is 362 g/mol. The highest BCUT2D eigenvalue weighted by atomic mass is 16.6. The van der Waals surface area contributed by atoms with Gasteiger partial charge in [-0.3, -0.25) is 9.30 Å². The number of nitrogens with zero attached hydrogens (tertiary/aromatic N) is 3. The molecule has 4 aromatic rings. The monoisotopic (exact) mass is 362 g/mol. The third-order valence-electron chi connectivity index (χ3n) is 4.42. The summed E-state index contributed by atoms with van der Waals surface area (Å²) in [5.74, 6) is 0. The lowest BCUT2D eigenvalue weighted by atomic mass is 10.1. The van der Waals surface area contributed by atoms with Crippen LogP contribution in [0.1, 0.15) is 20.8 Å². The number of carbonyl (C=O) groups excluding carboxylic acids is 1. The minimum absolute atomic E-state index is 0.392. The number of rotatable bonds is 2. The maximum absolute atomic E-state index is 12.4. The first-order chi connectivity index (χ1) is 12.8. The SMILES string of the molecule is CN(C(=O)OC(C)(C)C)c1ccc2ncc(-c3cccc4[nH]ccc34)n2c1. The van der Waals surface area contributed by atoms with Crippen molar-refractivity contribution in [1.82, 2.24) is 14.4 Å². The Morgan fingerprint density at radius 1 is 1.19 bits per heavy atom. The Labute approximate surface area is 157 Å². The molecule has 0 bridgehead atoms. The molecule has 0 spiro atoms. The van der Waals surface area contributed by atoms with Crippen molar-refractivity contribution in [3.05, 3.63) is 55.0 Å². The molecule has 6 heteroatoms. The lowest BCUT2D eigenvalue weighted by molar-refractivity contribution is 0.0589. The van der Waals surface area contributed by atoms with Crippen LogP contribution in [0, 0.1) is 0 Å². The Hall–Kier alpha value is -3.28. The van der Waals surface area contributed by atoms with E-state index < -0.39 is 11.7 Å². The number of ether oxygens (including phenoxy) is 1. The molecule has 27 heavy (non-hydrogen) atoms. The van der Waals surface area contributed by atoms with Crippen molar-refractivity contribution in [1.29, 1.82) is 0 Å². The highest BCUT2D eigenvalue weighted by Crippen LogP contribution is 2.30. The second kappa shape index (κ2) is 6.16. The molecule has 1 aromatic carbocycles. The molecule has 138 valence electrons. The molecule has 3 aromatic heterocycles. The summed E-state index contributed by atoms with van der Waals surface area (Å²) >= 11 is 0. The van der Waals surface area contributed by atoms with Crippen molar-refractivity contribution < 1.29 is 9.53 Å². The van der Waals surface area contributed by atoms with E-state index in [1.165, 1.54) is 4.90 Å². The highest BCUT2D eigenvalue weighted by molar-refractivity contribution is 5.95. The van der Waals surface area contributed by atoms with Crippen LogP contribution in [0.4, 0.5) is 10.5 Å². The van der Waals surface area contributed by atoms with Crippen LogP contribution >= 0.6 is 0 Å². The minimum atomic E-state index is -0.542. The fraction of sp³-hybridized carbons (Fsp3) is 0.238. The minimum Gasteiger partial charge on any atom is -0.443 e. The van der Waals surface area contributed by atoms with E-state index in [0.717, 1.165) is 33.5 Å². The van der Waals surface area contributed by atoms with Crippen LogP contribution in [0.15, 0.2) is 55.0 Å². The lowest BCUT2D eigenvalue weighted by Crippen LogP contribution is -2.34. The van der Waals surface area contributed by atoms with Gasteiger partial charge in [0.15, 0.2) is 0 Å². The Morgan fingerprint density at radius 3 is 2.78 bits per heavy atom. The number of imidazole rings is 1. The third kappa shape index (κ3) is 3.14. The summed E-state index contributed by atoms with van der Waals surface area (Å²) in [6.45, 7) is 5.56. The molecular formula is C21H22N4O2. The van der Waals surface area contributed by atoms with Gasteiger partial charge in [-0.25, -0.2) is 9.78 Å². The molecule has 0 saturated carbocycles. The number of hydrogen-bond donors (Lipinski definition) is 1. The summed E-state index contributed by atoms with van der Waals surface area (Å²) in [5, 5.41) is 1.13. The summed E-state index contributed by atoms with van der Waals surface area (Å²) in [6.07, 6.45) is 5.30. The molecule has 1 amide bonds. The zero-order valence-corrected chi connectivity index (χ0v) is 15.9. The fourth-order valence-corrected chi connectivity index (χ4v) is 3.11. The van der Waals surface area contributed by atoms with Crippen molar-refractivity contribution in [2.45, 2.75) is 26.4 Å². The summed E-state index contributed by atoms with van der Waals surface area (Å²) < 4.78 is 7.47. The molecule has 0 radical (unpaired) electrons. The second-order valence-corrected chi connectivity index (χ2v) is 7.54. The smallest absolute Gasteiger partial charge is 0.414 e. The molecule has 0 aliphatic carbocycles.